The zero-order valence-corrected chi connectivity index (χ0v) is 13.2. The van der Waals surface area contributed by atoms with Gasteiger partial charge >= 0.3 is 12.4 Å². The van der Waals surface area contributed by atoms with Crippen LogP contribution < -0.4 is 16.2 Å². The molecule has 10 heteroatoms. The van der Waals surface area contributed by atoms with Crippen molar-refractivity contribution >= 4 is 23.0 Å². The number of hydrazine groups is 1. The van der Waals surface area contributed by atoms with Crippen LogP contribution in [-0.2, 0) is 12.4 Å². The highest BCUT2D eigenvalue weighted by atomic mass is 32.1. The minimum absolute atomic E-state index is 0.0400. The van der Waals surface area contributed by atoms with Crippen molar-refractivity contribution in [2.24, 2.45) is 5.73 Å². The van der Waals surface area contributed by atoms with Crippen LogP contribution in [0.4, 0.5) is 32.0 Å². The minimum Gasteiger partial charge on any atom is -0.375 e. The maximum absolute atomic E-state index is 12.9. The SMILES string of the molecule is CC(C)(C)NN(C(N)=S)c1cc(C(F)(F)F)cc(C(F)(F)F)c1. The normalized spacial score (nSPS) is 13.1. The molecule has 3 N–H and O–H groups in total. The lowest BCUT2D eigenvalue weighted by Gasteiger charge is -2.32. The molecule has 0 amide bonds. The van der Waals surface area contributed by atoms with Crippen LogP contribution in [0.5, 0.6) is 0 Å². The lowest BCUT2D eigenvalue weighted by molar-refractivity contribution is -0.143. The van der Waals surface area contributed by atoms with Crippen LogP contribution in [0.2, 0.25) is 0 Å². The van der Waals surface area contributed by atoms with Gasteiger partial charge < -0.3 is 5.73 Å². The Kier molecular flexibility index (Phi) is 5.22. The molecule has 0 saturated carbocycles. The number of nitrogens with one attached hydrogen (secondary N) is 1. The summed E-state index contributed by atoms with van der Waals surface area (Å²) in [5.41, 5.74) is 4.05. The van der Waals surface area contributed by atoms with E-state index >= 15 is 0 Å². The van der Waals surface area contributed by atoms with Crippen LogP contribution in [0.1, 0.15) is 31.9 Å². The number of nitrogens with zero attached hydrogens (tertiary/aromatic N) is 1. The molecule has 0 aromatic heterocycles. The summed E-state index contributed by atoms with van der Waals surface area (Å²) in [5.74, 6) is 0. The monoisotopic (exact) mass is 359 g/mol. The molecule has 130 valence electrons. The predicted molar refractivity (Wildman–Crippen MR) is 78.6 cm³/mol. The molecular weight excluding hydrogens is 344 g/mol. The second-order valence-corrected chi connectivity index (χ2v) is 6.22. The van der Waals surface area contributed by atoms with E-state index < -0.39 is 39.8 Å². The Morgan fingerprint density at radius 2 is 1.35 bits per heavy atom. The molecule has 0 spiro atoms. The fourth-order valence-corrected chi connectivity index (χ4v) is 1.80. The first kappa shape index (κ1) is 19.5. The summed E-state index contributed by atoms with van der Waals surface area (Å²) >= 11 is 4.72. The van der Waals surface area contributed by atoms with Gasteiger partial charge in [0.2, 0.25) is 0 Å². The van der Waals surface area contributed by atoms with Crippen LogP contribution >= 0.6 is 12.2 Å². The van der Waals surface area contributed by atoms with Crippen LogP contribution in [0.25, 0.3) is 0 Å². The summed E-state index contributed by atoms with van der Waals surface area (Å²) in [6.07, 6.45) is -9.89. The molecular formula is C13H15F6N3S. The summed E-state index contributed by atoms with van der Waals surface area (Å²) in [4.78, 5) is 0. The molecule has 0 atom stereocenters. The van der Waals surface area contributed by atoms with E-state index in [2.05, 4.69) is 5.43 Å². The summed E-state index contributed by atoms with van der Waals surface area (Å²) in [5, 5.41) is 0.409. The summed E-state index contributed by atoms with van der Waals surface area (Å²) in [7, 11) is 0. The Labute approximate surface area is 134 Å². The van der Waals surface area contributed by atoms with E-state index in [1.807, 2.05) is 0 Å². The maximum atomic E-state index is 12.9. The standard InChI is InChI=1S/C13H15F6N3S/c1-11(2,3)21-22(10(20)23)9-5-7(12(14,15)16)4-8(6-9)13(17,18)19/h4-6,21H,1-3H3,(H2,20,23). The molecule has 1 rings (SSSR count). The second-order valence-electron chi connectivity index (χ2n) is 5.80. The number of benzene rings is 1. The largest absolute Gasteiger partial charge is 0.416 e. The van der Waals surface area contributed by atoms with E-state index in [1.165, 1.54) is 0 Å². The van der Waals surface area contributed by atoms with Gasteiger partial charge in [0.05, 0.1) is 16.8 Å². The van der Waals surface area contributed by atoms with Gasteiger partial charge in [-0.2, -0.15) is 26.3 Å². The fourth-order valence-electron chi connectivity index (χ4n) is 1.65. The van der Waals surface area contributed by atoms with Crippen LogP contribution in [-0.4, -0.2) is 10.7 Å². The highest BCUT2D eigenvalue weighted by molar-refractivity contribution is 7.80. The zero-order chi connectivity index (χ0) is 18.2. The van der Waals surface area contributed by atoms with Gasteiger partial charge in [0.1, 0.15) is 0 Å². The Morgan fingerprint density at radius 1 is 0.957 bits per heavy atom. The van der Waals surface area contributed by atoms with Crippen molar-refractivity contribution in [2.45, 2.75) is 38.7 Å². The maximum Gasteiger partial charge on any atom is 0.416 e. The molecule has 0 aliphatic rings. The van der Waals surface area contributed by atoms with E-state index in [1.54, 1.807) is 20.8 Å². The van der Waals surface area contributed by atoms with Gasteiger partial charge in [-0.3, -0.25) is 5.01 Å². The molecule has 1 aromatic rings. The predicted octanol–water partition coefficient (Wildman–Crippen LogP) is 4.08. The molecule has 0 heterocycles. The molecule has 0 radical (unpaired) electrons. The first-order valence-corrected chi connectivity index (χ1v) is 6.69. The summed E-state index contributed by atoms with van der Waals surface area (Å²) in [6.45, 7) is 4.95. The van der Waals surface area contributed by atoms with Crippen molar-refractivity contribution in [2.75, 3.05) is 5.01 Å². The quantitative estimate of drug-likeness (QED) is 0.474. The Morgan fingerprint density at radius 3 is 1.61 bits per heavy atom. The third-order valence-corrected chi connectivity index (χ3v) is 2.68. The summed E-state index contributed by atoms with van der Waals surface area (Å²) in [6, 6.07) is 1.14. The van der Waals surface area contributed by atoms with Crippen LogP contribution in [0.3, 0.4) is 0 Å². The number of thiocarbonyl (C=S) groups is 1. The summed E-state index contributed by atoms with van der Waals surface area (Å²) < 4.78 is 77.2. The van der Waals surface area contributed by atoms with Gasteiger partial charge in [-0.25, -0.2) is 5.43 Å². The minimum atomic E-state index is -4.94. The Bertz CT molecular complexity index is 557. The number of halogens is 6. The highest BCUT2D eigenvalue weighted by Crippen LogP contribution is 2.38. The van der Waals surface area contributed by atoms with E-state index in [0.29, 0.717) is 12.1 Å². The molecule has 0 unspecified atom stereocenters. The number of nitrogens with two attached hydrogens (primary N) is 1. The lowest BCUT2D eigenvalue weighted by Crippen LogP contribution is -2.54. The molecule has 0 aliphatic heterocycles. The van der Waals surface area contributed by atoms with Gasteiger partial charge in [-0.1, -0.05) is 0 Å². The smallest absolute Gasteiger partial charge is 0.375 e. The third kappa shape index (κ3) is 5.54. The van der Waals surface area contributed by atoms with Gasteiger partial charge in [-0.15, -0.1) is 0 Å². The first-order valence-electron chi connectivity index (χ1n) is 6.28. The fraction of sp³-hybridized carbons (Fsp3) is 0.462. The van der Waals surface area contributed by atoms with Gasteiger partial charge in [0.15, 0.2) is 5.11 Å². The van der Waals surface area contributed by atoms with E-state index in [0.717, 1.165) is 5.01 Å². The van der Waals surface area contributed by atoms with Crippen molar-refractivity contribution in [1.82, 2.24) is 5.43 Å². The average Bonchev–Trinajstić information content (AvgIpc) is 2.32. The topological polar surface area (TPSA) is 41.3 Å². The molecule has 0 aliphatic carbocycles. The van der Waals surface area contributed by atoms with Crippen LogP contribution in [0.15, 0.2) is 18.2 Å². The molecule has 0 bridgehead atoms. The van der Waals surface area contributed by atoms with Crippen molar-refractivity contribution in [3.05, 3.63) is 29.3 Å². The number of hydrogen-bond donors (Lipinski definition) is 2. The highest BCUT2D eigenvalue weighted by Gasteiger charge is 2.37. The average molecular weight is 359 g/mol. The van der Waals surface area contributed by atoms with E-state index in [-0.39, 0.29) is 6.07 Å². The Hall–Kier alpha value is -1.55. The van der Waals surface area contributed by atoms with Crippen molar-refractivity contribution < 1.29 is 26.3 Å². The second kappa shape index (κ2) is 6.16. The molecule has 1 aromatic carbocycles. The van der Waals surface area contributed by atoms with Crippen molar-refractivity contribution in [3.8, 4) is 0 Å². The van der Waals surface area contributed by atoms with E-state index in [4.69, 9.17) is 18.0 Å². The number of alkyl halides is 6. The van der Waals surface area contributed by atoms with Crippen molar-refractivity contribution in [3.63, 3.8) is 0 Å². The van der Waals surface area contributed by atoms with E-state index in [9.17, 15) is 26.3 Å². The number of anilines is 1. The first-order chi connectivity index (χ1) is 10.1. The molecule has 23 heavy (non-hydrogen) atoms. The van der Waals surface area contributed by atoms with Gasteiger partial charge in [-0.05, 0) is 51.2 Å². The van der Waals surface area contributed by atoms with Crippen molar-refractivity contribution in [1.29, 1.82) is 0 Å². The Balaban J connectivity index is 3.51. The van der Waals surface area contributed by atoms with Gasteiger partial charge in [0, 0.05) is 5.54 Å². The molecule has 3 nitrogen and oxygen atoms in total. The molecule has 0 fully saturated rings. The van der Waals surface area contributed by atoms with Crippen LogP contribution in [0, 0.1) is 0 Å². The molecule has 0 saturated heterocycles. The lowest BCUT2D eigenvalue weighted by atomic mass is 10.1. The van der Waals surface area contributed by atoms with Gasteiger partial charge in [0.25, 0.3) is 0 Å². The third-order valence-electron chi connectivity index (χ3n) is 2.50. The zero-order valence-electron chi connectivity index (χ0n) is 12.4. The number of hydrogen-bond acceptors (Lipinski definition) is 2. The number of rotatable bonds is 2.